The fourth-order valence-electron chi connectivity index (χ4n) is 1.77. The van der Waals surface area contributed by atoms with Gasteiger partial charge in [-0.25, -0.2) is 9.18 Å². The van der Waals surface area contributed by atoms with E-state index >= 15 is 0 Å². The second-order valence-electron chi connectivity index (χ2n) is 4.49. The van der Waals surface area contributed by atoms with Gasteiger partial charge in [-0.15, -0.1) is 0 Å². The highest BCUT2D eigenvalue weighted by Crippen LogP contribution is 2.10. The van der Waals surface area contributed by atoms with Crippen LogP contribution < -0.4 is 5.32 Å². The van der Waals surface area contributed by atoms with Gasteiger partial charge in [0.1, 0.15) is 24.1 Å². The predicted octanol–water partition coefficient (Wildman–Crippen LogP) is 2.98. The molecule has 1 amide bonds. The SMILES string of the molecule is N#Cc1c(F)cccc1C#CCNC(=O)OCc1ccccc1. The van der Waals surface area contributed by atoms with Crippen molar-refractivity contribution in [3.63, 3.8) is 0 Å². The molecule has 5 heteroatoms. The number of nitrogens with one attached hydrogen (secondary N) is 1. The zero-order chi connectivity index (χ0) is 16.5. The number of halogens is 1. The van der Waals surface area contributed by atoms with Crippen molar-refractivity contribution in [1.82, 2.24) is 5.32 Å². The zero-order valence-corrected chi connectivity index (χ0v) is 12.2. The van der Waals surface area contributed by atoms with Gasteiger partial charge >= 0.3 is 6.09 Å². The average molecular weight is 308 g/mol. The minimum atomic E-state index is -0.616. The maximum Gasteiger partial charge on any atom is 0.408 e. The first kappa shape index (κ1) is 16.1. The molecule has 0 aromatic heterocycles. The number of alkyl carbamates (subject to hydrolysis) is 1. The highest BCUT2D eigenvalue weighted by atomic mass is 19.1. The van der Waals surface area contributed by atoms with Crippen LogP contribution in [0.1, 0.15) is 16.7 Å². The summed E-state index contributed by atoms with van der Waals surface area (Å²) in [5, 5.41) is 11.3. The fourth-order valence-corrected chi connectivity index (χ4v) is 1.77. The second-order valence-corrected chi connectivity index (χ2v) is 4.49. The molecule has 2 rings (SSSR count). The third-order valence-corrected chi connectivity index (χ3v) is 2.88. The smallest absolute Gasteiger partial charge is 0.408 e. The fraction of sp³-hybridized carbons (Fsp3) is 0.111. The van der Waals surface area contributed by atoms with Gasteiger partial charge in [-0.3, -0.25) is 0 Å². The molecule has 0 radical (unpaired) electrons. The summed E-state index contributed by atoms with van der Waals surface area (Å²) in [7, 11) is 0. The van der Waals surface area contributed by atoms with Crippen molar-refractivity contribution < 1.29 is 13.9 Å². The van der Waals surface area contributed by atoms with E-state index in [-0.39, 0.29) is 24.3 Å². The molecule has 0 saturated heterocycles. The Bertz CT molecular complexity index is 786. The van der Waals surface area contributed by atoms with Crippen LogP contribution in [-0.2, 0) is 11.3 Å². The molecule has 0 fully saturated rings. The van der Waals surface area contributed by atoms with Gasteiger partial charge in [0.15, 0.2) is 0 Å². The molecule has 0 aliphatic heterocycles. The Morgan fingerprint density at radius 1 is 1.17 bits per heavy atom. The summed E-state index contributed by atoms with van der Waals surface area (Å²) in [4.78, 5) is 11.5. The highest BCUT2D eigenvalue weighted by Gasteiger charge is 2.05. The highest BCUT2D eigenvalue weighted by molar-refractivity contribution is 5.67. The van der Waals surface area contributed by atoms with Crippen molar-refractivity contribution in [3.05, 3.63) is 71.0 Å². The Balaban J connectivity index is 1.83. The number of carbonyl (C=O) groups excluding carboxylic acids is 1. The van der Waals surface area contributed by atoms with E-state index in [2.05, 4.69) is 17.2 Å². The Kier molecular flexibility index (Phi) is 5.74. The summed E-state index contributed by atoms with van der Waals surface area (Å²) in [6.45, 7) is 0.206. The van der Waals surface area contributed by atoms with Crippen molar-refractivity contribution in [2.45, 2.75) is 6.61 Å². The minimum Gasteiger partial charge on any atom is -0.445 e. The van der Waals surface area contributed by atoms with Crippen LogP contribution in [0, 0.1) is 29.0 Å². The van der Waals surface area contributed by atoms with Crippen molar-refractivity contribution in [3.8, 4) is 17.9 Å². The van der Waals surface area contributed by atoms with Crippen molar-refractivity contribution in [2.75, 3.05) is 6.54 Å². The van der Waals surface area contributed by atoms with E-state index in [1.54, 1.807) is 12.1 Å². The number of ether oxygens (including phenoxy) is 1. The monoisotopic (exact) mass is 308 g/mol. The van der Waals surface area contributed by atoms with E-state index in [0.29, 0.717) is 0 Å². The standard InChI is InChI=1S/C18H13FN2O2/c19-17-10-4-8-15(16(17)12-20)9-5-11-21-18(22)23-13-14-6-2-1-3-7-14/h1-4,6-8,10H,11,13H2,(H,21,22). The molecule has 2 aromatic carbocycles. The third kappa shape index (κ3) is 4.87. The molecule has 0 spiro atoms. The van der Waals surface area contributed by atoms with E-state index in [4.69, 9.17) is 10.00 Å². The molecule has 1 N–H and O–H groups in total. The van der Waals surface area contributed by atoms with Gasteiger partial charge in [0.05, 0.1) is 6.54 Å². The first-order chi connectivity index (χ1) is 11.2. The lowest BCUT2D eigenvalue weighted by Gasteiger charge is -2.04. The van der Waals surface area contributed by atoms with Crippen molar-refractivity contribution >= 4 is 6.09 Å². The average Bonchev–Trinajstić information content (AvgIpc) is 2.58. The van der Waals surface area contributed by atoms with Crippen molar-refractivity contribution in [2.24, 2.45) is 0 Å². The summed E-state index contributed by atoms with van der Waals surface area (Å²) in [5.41, 5.74) is 1.06. The van der Waals surface area contributed by atoms with Crippen LogP contribution in [0.5, 0.6) is 0 Å². The molecular formula is C18H13FN2O2. The molecule has 114 valence electrons. The lowest BCUT2D eigenvalue weighted by Crippen LogP contribution is -2.24. The summed E-state index contributed by atoms with van der Waals surface area (Å²) in [6, 6.07) is 15.3. The van der Waals surface area contributed by atoms with Crippen molar-refractivity contribution in [1.29, 1.82) is 5.26 Å². The summed E-state index contributed by atoms with van der Waals surface area (Å²) in [5.74, 6) is 4.69. The van der Waals surface area contributed by atoms with E-state index in [9.17, 15) is 9.18 Å². The van der Waals surface area contributed by atoms with Crippen LogP contribution in [0.4, 0.5) is 9.18 Å². The third-order valence-electron chi connectivity index (χ3n) is 2.88. The van der Waals surface area contributed by atoms with Gasteiger partial charge < -0.3 is 10.1 Å². The summed E-state index contributed by atoms with van der Waals surface area (Å²) < 4.78 is 18.4. The van der Waals surface area contributed by atoms with Gasteiger partial charge in [0.25, 0.3) is 0 Å². The maximum atomic E-state index is 13.4. The van der Waals surface area contributed by atoms with Gasteiger partial charge in [0, 0.05) is 5.56 Å². The van der Waals surface area contributed by atoms with Gasteiger partial charge in [0.2, 0.25) is 0 Å². The first-order valence-electron chi connectivity index (χ1n) is 6.82. The molecule has 0 saturated carbocycles. The number of nitrogens with zero attached hydrogens (tertiary/aromatic N) is 1. The number of amides is 1. The molecule has 0 heterocycles. The van der Waals surface area contributed by atoms with Crippen LogP contribution in [0.3, 0.4) is 0 Å². The molecule has 0 bridgehead atoms. The van der Waals surface area contributed by atoms with Gasteiger partial charge in [-0.2, -0.15) is 5.26 Å². The van der Waals surface area contributed by atoms with Gasteiger partial charge in [-0.05, 0) is 17.7 Å². The van der Waals surface area contributed by atoms with Crippen LogP contribution in [0.25, 0.3) is 0 Å². The molecule has 0 unspecified atom stereocenters. The minimum absolute atomic E-state index is 0.0367. The summed E-state index contributed by atoms with van der Waals surface area (Å²) in [6.07, 6.45) is -0.595. The van der Waals surface area contributed by atoms with Crippen LogP contribution in [0.2, 0.25) is 0 Å². The predicted molar refractivity (Wildman–Crippen MR) is 82.6 cm³/mol. The van der Waals surface area contributed by atoms with Crippen LogP contribution >= 0.6 is 0 Å². The first-order valence-corrected chi connectivity index (χ1v) is 6.82. The molecule has 23 heavy (non-hydrogen) atoms. The van der Waals surface area contributed by atoms with Gasteiger partial charge in [-0.1, -0.05) is 48.2 Å². The molecule has 4 nitrogen and oxygen atoms in total. The maximum absolute atomic E-state index is 13.4. The Hall–Kier alpha value is -3.31. The van der Waals surface area contributed by atoms with E-state index < -0.39 is 11.9 Å². The Morgan fingerprint density at radius 3 is 2.70 bits per heavy atom. The summed E-state index contributed by atoms with van der Waals surface area (Å²) >= 11 is 0. The molecule has 0 atom stereocenters. The number of rotatable bonds is 3. The molecule has 0 aliphatic carbocycles. The lowest BCUT2D eigenvalue weighted by atomic mass is 10.1. The lowest BCUT2D eigenvalue weighted by molar-refractivity contribution is 0.141. The Labute approximate surface area is 133 Å². The van der Waals surface area contributed by atoms with E-state index in [1.807, 2.05) is 30.3 Å². The van der Waals surface area contributed by atoms with Crippen LogP contribution in [0.15, 0.2) is 48.5 Å². The number of hydrogen-bond acceptors (Lipinski definition) is 3. The normalized spacial score (nSPS) is 9.22. The Morgan fingerprint density at radius 2 is 1.96 bits per heavy atom. The quantitative estimate of drug-likeness (QED) is 0.887. The number of hydrogen-bond donors (Lipinski definition) is 1. The molecular weight excluding hydrogens is 295 g/mol. The van der Waals surface area contributed by atoms with E-state index in [0.717, 1.165) is 5.56 Å². The topological polar surface area (TPSA) is 62.1 Å². The van der Waals surface area contributed by atoms with Crippen LogP contribution in [-0.4, -0.2) is 12.6 Å². The molecule has 0 aliphatic rings. The zero-order valence-electron chi connectivity index (χ0n) is 12.2. The van der Waals surface area contributed by atoms with E-state index in [1.165, 1.54) is 12.1 Å². The second kappa shape index (κ2) is 8.21. The largest absolute Gasteiger partial charge is 0.445 e. The number of carbonyl (C=O) groups is 1. The number of nitriles is 1. The molecule has 2 aromatic rings. The number of benzene rings is 2.